The number of methoxy groups -OCH3 is 1. The van der Waals surface area contributed by atoms with E-state index in [-0.39, 0.29) is 0 Å². The maximum Gasteiger partial charge on any atom is 0.319 e. The maximum atomic E-state index is 11.0. The van der Waals surface area contributed by atoms with Crippen LogP contribution in [0.1, 0.15) is 19.4 Å². The molecule has 0 amide bonds. The molecular formula is C12H15ClO3S. The van der Waals surface area contributed by atoms with Crippen molar-refractivity contribution < 1.29 is 14.6 Å². The number of carboxylic acids is 1. The van der Waals surface area contributed by atoms with E-state index in [1.165, 1.54) is 11.8 Å². The first-order valence-corrected chi connectivity index (χ1v) is 6.43. The summed E-state index contributed by atoms with van der Waals surface area (Å²) in [6.45, 7) is 3.36. The average Bonchev–Trinajstić information content (AvgIpc) is 2.26. The van der Waals surface area contributed by atoms with Gasteiger partial charge in [0, 0.05) is 16.3 Å². The lowest BCUT2D eigenvalue weighted by Gasteiger charge is -2.19. The molecule has 0 aliphatic carbocycles. The first kappa shape index (κ1) is 14.2. The van der Waals surface area contributed by atoms with Crippen molar-refractivity contribution in [1.82, 2.24) is 0 Å². The van der Waals surface area contributed by atoms with E-state index in [0.29, 0.717) is 10.8 Å². The Kier molecular flexibility index (Phi) is 4.71. The van der Waals surface area contributed by atoms with E-state index in [0.717, 1.165) is 11.3 Å². The van der Waals surface area contributed by atoms with Crippen molar-refractivity contribution >= 4 is 29.3 Å². The van der Waals surface area contributed by atoms with E-state index in [1.54, 1.807) is 39.2 Å². The van der Waals surface area contributed by atoms with Crippen LogP contribution < -0.4 is 4.74 Å². The summed E-state index contributed by atoms with van der Waals surface area (Å²) in [6, 6.07) is 5.33. The lowest BCUT2D eigenvalue weighted by molar-refractivity contribution is -0.138. The van der Waals surface area contributed by atoms with Gasteiger partial charge in [-0.25, -0.2) is 0 Å². The van der Waals surface area contributed by atoms with Crippen LogP contribution in [0.5, 0.6) is 5.75 Å². The molecule has 5 heteroatoms. The fourth-order valence-corrected chi connectivity index (χ4v) is 2.24. The second-order valence-corrected chi connectivity index (χ2v) is 6.09. The molecule has 94 valence electrons. The highest BCUT2D eigenvalue weighted by molar-refractivity contribution is 8.00. The van der Waals surface area contributed by atoms with Crippen molar-refractivity contribution in [1.29, 1.82) is 0 Å². The summed E-state index contributed by atoms with van der Waals surface area (Å²) in [7, 11) is 1.58. The number of hydrogen-bond acceptors (Lipinski definition) is 3. The fourth-order valence-electron chi connectivity index (χ4n) is 1.18. The topological polar surface area (TPSA) is 46.5 Å². The third-order valence-corrected chi connectivity index (χ3v) is 3.93. The number of aliphatic carboxylic acids is 1. The zero-order valence-corrected chi connectivity index (χ0v) is 11.6. The molecule has 0 heterocycles. The summed E-state index contributed by atoms with van der Waals surface area (Å²) in [5, 5.41) is 9.64. The highest BCUT2D eigenvalue weighted by Crippen LogP contribution is 2.32. The average molecular weight is 275 g/mol. The third-order valence-electron chi connectivity index (χ3n) is 2.35. The normalized spacial score (nSPS) is 11.3. The third kappa shape index (κ3) is 3.82. The number of carbonyl (C=O) groups is 1. The Bertz CT molecular complexity index is 418. The van der Waals surface area contributed by atoms with Gasteiger partial charge in [0.05, 0.1) is 7.11 Å². The molecule has 0 atom stereocenters. The summed E-state index contributed by atoms with van der Waals surface area (Å²) < 4.78 is 4.38. The highest BCUT2D eigenvalue weighted by atomic mass is 35.5. The largest absolute Gasteiger partial charge is 0.496 e. The van der Waals surface area contributed by atoms with Gasteiger partial charge in [-0.3, -0.25) is 4.79 Å². The van der Waals surface area contributed by atoms with Crippen LogP contribution in [0.3, 0.4) is 0 Å². The molecule has 1 aromatic carbocycles. The van der Waals surface area contributed by atoms with E-state index in [1.807, 2.05) is 0 Å². The first-order chi connectivity index (χ1) is 7.86. The number of carboxylic acid groups (broad SMARTS) is 1. The van der Waals surface area contributed by atoms with Crippen LogP contribution in [0.25, 0.3) is 0 Å². The van der Waals surface area contributed by atoms with Crippen molar-refractivity contribution in [3.05, 3.63) is 28.8 Å². The fraction of sp³-hybridized carbons (Fsp3) is 0.417. The Morgan fingerprint density at radius 1 is 1.53 bits per heavy atom. The highest BCUT2D eigenvalue weighted by Gasteiger charge is 2.27. The second-order valence-electron chi connectivity index (χ2n) is 4.06. The predicted molar refractivity (Wildman–Crippen MR) is 71.0 cm³/mol. The molecule has 0 saturated heterocycles. The summed E-state index contributed by atoms with van der Waals surface area (Å²) in [5.41, 5.74) is 0.902. The van der Waals surface area contributed by atoms with Gasteiger partial charge in [0.15, 0.2) is 0 Å². The van der Waals surface area contributed by atoms with Gasteiger partial charge >= 0.3 is 5.97 Å². The Balaban J connectivity index is 2.81. The number of halogens is 1. The number of rotatable bonds is 5. The van der Waals surface area contributed by atoms with Crippen LogP contribution in [0, 0.1) is 0 Å². The molecule has 0 saturated carbocycles. The lowest BCUT2D eigenvalue weighted by atomic mass is 10.2. The number of ether oxygens (including phenoxy) is 1. The molecule has 17 heavy (non-hydrogen) atoms. The van der Waals surface area contributed by atoms with E-state index in [9.17, 15) is 4.79 Å². The second kappa shape index (κ2) is 5.65. The van der Waals surface area contributed by atoms with Gasteiger partial charge in [-0.1, -0.05) is 11.6 Å². The first-order valence-electron chi connectivity index (χ1n) is 5.06. The van der Waals surface area contributed by atoms with Gasteiger partial charge in [0.2, 0.25) is 0 Å². The number of benzene rings is 1. The van der Waals surface area contributed by atoms with Gasteiger partial charge in [-0.15, -0.1) is 11.8 Å². The van der Waals surface area contributed by atoms with E-state index >= 15 is 0 Å². The summed E-state index contributed by atoms with van der Waals surface area (Å²) in [4.78, 5) is 11.0. The van der Waals surface area contributed by atoms with Crippen molar-refractivity contribution in [2.45, 2.75) is 24.3 Å². The maximum absolute atomic E-state index is 11.0. The number of thioether (sulfide) groups is 1. The molecule has 0 aliphatic heterocycles. The van der Waals surface area contributed by atoms with Crippen LogP contribution in [0.4, 0.5) is 0 Å². The minimum atomic E-state index is -0.830. The Morgan fingerprint density at radius 2 is 2.18 bits per heavy atom. The van der Waals surface area contributed by atoms with Crippen molar-refractivity contribution in [3.8, 4) is 5.75 Å². The molecule has 0 fully saturated rings. The Hall–Kier alpha value is -0.870. The van der Waals surface area contributed by atoms with Gasteiger partial charge in [-0.05, 0) is 32.0 Å². The quantitative estimate of drug-likeness (QED) is 0.893. The molecular weight excluding hydrogens is 260 g/mol. The minimum absolute atomic E-state index is 0.545. The molecule has 0 bridgehead atoms. The zero-order valence-electron chi connectivity index (χ0n) is 9.99. The van der Waals surface area contributed by atoms with Crippen LogP contribution in [-0.2, 0) is 10.5 Å². The van der Waals surface area contributed by atoms with Gasteiger partial charge in [0.1, 0.15) is 10.5 Å². The molecule has 1 aromatic rings. The van der Waals surface area contributed by atoms with Gasteiger partial charge < -0.3 is 9.84 Å². The van der Waals surface area contributed by atoms with Crippen molar-refractivity contribution in [3.63, 3.8) is 0 Å². The van der Waals surface area contributed by atoms with E-state index < -0.39 is 10.7 Å². The van der Waals surface area contributed by atoms with Crippen LogP contribution in [-0.4, -0.2) is 22.9 Å². The van der Waals surface area contributed by atoms with Gasteiger partial charge in [0.25, 0.3) is 0 Å². The van der Waals surface area contributed by atoms with Crippen LogP contribution in [0.15, 0.2) is 18.2 Å². The molecule has 0 aromatic heterocycles. The minimum Gasteiger partial charge on any atom is -0.496 e. The van der Waals surface area contributed by atoms with Crippen LogP contribution >= 0.6 is 23.4 Å². The standard InChI is InChI=1S/C12H15ClO3S/c1-12(2,11(14)15)17-7-8-6-9(13)4-5-10(8)16-3/h4-6H,7H2,1-3H3,(H,14,15). The molecule has 0 spiro atoms. The summed E-state index contributed by atoms with van der Waals surface area (Å²) >= 11 is 7.25. The zero-order chi connectivity index (χ0) is 13.1. The SMILES string of the molecule is COc1ccc(Cl)cc1CSC(C)(C)C(=O)O. The molecule has 1 N–H and O–H groups in total. The summed E-state index contributed by atoms with van der Waals surface area (Å²) in [5.74, 6) is 0.440. The van der Waals surface area contributed by atoms with E-state index in [2.05, 4.69) is 0 Å². The predicted octanol–water partition coefficient (Wildman–Crippen LogP) is 3.45. The van der Waals surface area contributed by atoms with Crippen molar-refractivity contribution in [2.75, 3.05) is 7.11 Å². The molecule has 3 nitrogen and oxygen atoms in total. The Morgan fingerprint density at radius 3 is 2.71 bits per heavy atom. The van der Waals surface area contributed by atoms with Gasteiger partial charge in [-0.2, -0.15) is 0 Å². The monoisotopic (exact) mass is 274 g/mol. The smallest absolute Gasteiger partial charge is 0.319 e. The van der Waals surface area contributed by atoms with Crippen molar-refractivity contribution in [2.24, 2.45) is 0 Å². The lowest BCUT2D eigenvalue weighted by Crippen LogP contribution is -2.27. The molecule has 0 radical (unpaired) electrons. The Labute approximate surface area is 110 Å². The van der Waals surface area contributed by atoms with E-state index in [4.69, 9.17) is 21.4 Å². The molecule has 0 unspecified atom stereocenters. The summed E-state index contributed by atoms with van der Waals surface area (Å²) in [6.07, 6.45) is 0. The molecule has 1 rings (SSSR count). The number of hydrogen-bond donors (Lipinski definition) is 1. The molecule has 0 aliphatic rings. The van der Waals surface area contributed by atoms with Crippen LogP contribution in [0.2, 0.25) is 5.02 Å².